The number of benzene rings is 2. The summed E-state index contributed by atoms with van der Waals surface area (Å²) in [6.07, 6.45) is 2.88. The first-order chi connectivity index (χ1) is 11.2. The van der Waals surface area contributed by atoms with Crippen molar-refractivity contribution in [3.8, 4) is 0 Å². The minimum absolute atomic E-state index is 0.253. The first-order valence-electron chi connectivity index (χ1n) is 8.36. The van der Waals surface area contributed by atoms with E-state index >= 15 is 0 Å². The van der Waals surface area contributed by atoms with Crippen LogP contribution in [0.5, 0.6) is 0 Å². The maximum Gasteiger partial charge on any atom is 0.163 e. The van der Waals surface area contributed by atoms with E-state index in [-0.39, 0.29) is 11.6 Å². The van der Waals surface area contributed by atoms with Gasteiger partial charge in [-0.3, -0.25) is 9.59 Å². The van der Waals surface area contributed by atoms with E-state index < -0.39 is 0 Å². The van der Waals surface area contributed by atoms with E-state index in [4.69, 9.17) is 0 Å². The van der Waals surface area contributed by atoms with Gasteiger partial charge in [-0.1, -0.05) is 0 Å². The van der Waals surface area contributed by atoms with Crippen LogP contribution in [0.2, 0.25) is 0 Å². The molecule has 3 heteroatoms. The molecule has 3 nitrogen and oxygen atoms in total. The number of aromatic nitrogens is 1. The van der Waals surface area contributed by atoms with Crippen LogP contribution < -0.4 is 0 Å². The summed E-state index contributed by atoms with van der Waals surface area (Å²) in [6, 6.07) is 8.15. The molecule has 0 fully saturated rings. The summed E-state index contributed by atoms with van der Waals surface area (Å²) in [5, 5.41) is 2.44. The van der Waals surface area contributed by atoms with Gasteiger partial charge in [0.25, 0.3) is 0 Å². The van der Waals surface area contributed by atoms with E-state index in [1.165, 1.54) is 32.9 Å². The standard InChI is InChI=1S/C20H17NO2/c1-2-21-15-7-3-11-13(5-9-17(11)22)19(15)20-14-6-10-18(23)12(14)4-8-16(20)21/h3-4,7-8H,2,5-6,9-10H2,1H3. The summed E-state index contributed by atoms with van der Waals surface area (Å²) in [6.45, 7) is 3.04. The lowest BCUT2D eigenvalue weighted by molar-refractivity contribution is 0.0986. The van der Waals surface area contributed by atoms with Gasteiger partial charge in [-0.2, -0.15) is 0 Å². The number of ketones is 2. The van der Waals surface area contributed by atoms with E-state index in [1.54, 1.807) is 0 Å². The summed E-state index contributed by atoms with van der Waals surface area (Å²) in [7, 11) is 0. The van der Waals surface area contributed by atoms with Gasteiger partial charge in [0, 0.05) is 52.3 Å². The van der Waals surface area contributed by atoms with Crippen LogP contribution in [0.4, 0.5) is 0 Å². The molecule has 0 N–H and O–H groups in total. The van der Waals surface area contributed by atoms with Crippen molar-refractivity contribution in [1.29, 1.82) is 0 Å². The van der Waals surface area contributed by atoms with Crippen LogP contribution >= 0.6 is 0 Å². The molecule has 0 aliphatic heterocycles. The number of hydrogen-bond acceptors (Lipinski definition) is 2. The van der Waals surface area contributed by atoms with Gasteiger partial charge in [-0.25, -0.2) is 0 Å². The minimum atomic E-state index is 0.253. The molecule has 3 aromatic rings. The zero-order chi connectivity index (χ0) is 15.7. The lowest BCUT2D eigenvalue weighted by Gasteiger charge is -2.04. The fourth-order valence-corrected chi connectivity index (χ4v) is 4.54. The minimum Gasteiger partial charge on any atom is -0.341 e. The highest BCUT2D eigenvalue weighted by molar-refractivity contribution is 6.18. The second-order valence-corrected chi connectivity index (χ2v) is 6.56. The lowest BCUT2D eigenvalue weighted by Crippen LogP contribution is -1.95. The van der Waals surface area contributed by atoms with Crippen LogP contribution in [0.25, 0.3) is 21.8 Å². The average molecular weight is 303 g/mol. The van der Waals surface area contributed by atoms with Gasteiger partial charge in [-0.05, 0) is 55.2 Å². The first-order valence-corrected chi connectivity index (χ1v) is 8.36. The Hall–Kier alpha value is -2.42. The molecule has 1 heterocycles. The summed E-state index contributed by atoms with van der Waals surface area (Å²) < 4.78 is 2.32. The molecule has 1 aromatic heterocycles. The Morgan fingerprint density at radius 3 is 1.70 bits per heavy atom. The van der Waals surface area contributed by atoms with Gasteiger partial charge < -0.3 is 4.57 Å². The largest absolute Gasteiger partial charge is 0.341 e. The van der Waals surface area contributed by atoms with Crippen LogP contribution in [0, 0.1) is 0 Å². The number of hydrogen-bond donors (Lipinski definition) is 0. The third kappa shape index (κ3) is 1.50. The molecule has 0 spiro atoms. The zero-order valence-electron chi connectivity index (χ0n) is 13.1. The van der Waals surface area contributed by atoms with E-state index in [0.29, 0.717) is 12.8 Å². The molecule has 0 amide bonds. The predicted octanol–water partition coefficient (Wildman–Crippen LogP) is 4.07. The second kappa shape index (κ2) is 4.31. The van der Waals surface area contributed by atoms with E-state index in [2.05, 4.69) is 23.6 Å². The maximum absolute atomic E-state index is 12.1. The smallest absolute Gasteiger partial charge is 0.163 e. The molecule has 0 radical (unpaired) electrons. The average Bonchev–Trinajstić information content (AvgIpc) is 3.21. The van der Waals surface area contributed by atoms with Crippen molar-refractivity contribution in [2.24, 2.45) is 0 Å². The molecule has 23 heavy (non-hydrogen) atoms. The van der Waals surface area contributed by atoms with Crippen LogP contribution in [-0.2, 0) is 19.4 Å². The Balaban J connectivity index is 2.05. The quantitative estimate of drug-likeness (QED) is 0.679. The number of Topliss-reactive ketones (excluding diaryl/α,β-unsaturated/α-hetero) is 2. The van der Waals surface area contributed by atoms with E-state index in [0.717, 1.165) is 30.5 Å². The number of aryl methyl sites for hydroxylation is 3. The number of rotatable bonds is 1. The molecule has 0 saturated heterocycles. The highest BCUT2D eigenvalue weighted by Gasteiger charge is 2.28. The van der Waals surface area contributed by atoms with Crippen molar-refractivity contribution in [1.82, 2.24) is 4.57 Å². The highest BCUT2D eigenvalue weighted by atomic mass is 16.1. The lowest BCUT2D eigenvalue weighted by atomic mass is 9.98. The van der Waals surface area contributed by atoms with Gasteiger partial charge in [0.2, 0.25) is 0 Å². The topological polar surface area (TPSA) is 39.1 Å². The molecule has 0 saturated carbocycles. The summed E-state index contributed by atoms with van der Waals surface area (Å²) >= 11 is 0. The van der Waals surface area contributed by atoms with Crippen LogP contribution in [0.1, 0.15) is 51.6 Å². The second-order valence-electron chi connectivity index (χ2n) is 6.56. The molecule has 0 unspecified atom stereocenters. The monoisotopic (exact) mass is 303 g/mol. The molecule has 114 valence electrons. The Kier molecular flexibility index (Phi) is 2.45. The highest BCUT2D eigenvalue weighted by Crippen LogP contribution is 2.41. The Labute approximate surface area is 133 Å². The molecule has 2 aliphatic carbocycles. The third-order valence-electron chi connectivity index (χ3n) is 5.53. The summed E-state index contributed by atoms with van der Waals surface area (Å²) in [5.41, 5.74) is 6.55. The Bertz CT molecular complexity index is 958. The molecular weight excluding hydrogens is 286 g/mol. The summed E-state index contributed by atoms with van der Waals surface area (Å²) in [4.78, 5) is 24.3. The van der Waals surface area contributed by atoms with E-state index in [1.807, 2.05) is 12.1 Å². The molecule has 0 bridgehead atoms. The van der Waals surface area contributed by atoms with Crippen LogP contribution in [0.3, 0.4) is 0 Å². The van der Waals surface area contributed by atoms with Crippen molar-refractivity contribution in [3.63, 3.8) is 0 Å². The van der Waals surface area contributed by atoms with Crippen molar-refractivity contribution >= 4 is 33.4 Å². The van der Waals surface area contributed by atoms with Gasteiger partial charge in [-0.15, -0.1) is 0 Å². The van der Waals surface area contributed by atoms with Crippen molar-refractivity contribution < 1.29 is 9.59 Å². The van der Waals surface area contributed by atoms with Crippen LogP contribution in [0.15, 0.2) is 24.3 Å². The number of nitrogens with zero attached hydrogens (tertiary/aromatic N) is 1. The van der Waals surface area contributed by atoms with Gasteiger partial charge in [0.15, 0.2) is 11.6 Å². The van der Waals surface area contributed by atoms with Crippen molar-refractivity contribution in [2.75, 3.05) is 0 Å². The Morgan fingerprint density at radius 2 is 1.26 bits per heavy atom. The molecule has 2 aliphatic rings. The molecule has 5 rings (SSSR count). The van der Waals surface area contributed by atoms with Gasteiger partial charge >= 0.3 is 0 Å². The number of carbonyl (C=O) groups excluding carboxylic acids is 2. The van der Waals surface area contributed by atoms with Crippen molar-refractivity contribution in [3.05, 3.63) is 46.5 Å². The first kappa shape index (κ1) is 13.1. The summed E-state index contributed by atoms with van der Waals surface area (Å²) in [5.74, 6) is 0.505. The van der Waals surface area contributed by atoms with Crippen LogP contribution in [-0.4, -0.2) is 16.1 Å². The van der Waals surface area contributed by atoms with Gasteiger partial charge in [0.1, 0.15) is 0 Å². The SMILES string of the molecule is CCn1c2ccc3c(c2c2c4c(ccc21)C(=O)CC4)CCC3=O. The number of carbonyl (C=O) groups is 2. The fraction of sp³-hybridized carbons (Fsp3) is 0.300. The zero-order valence-corrected chi connectivity index (χ0v) is 13.1. The molecular formula is C20H17NO2. The van der Waals surface area contributed by atoms with Crippen molar-refractivity contribution in [2.45, 2.75) is 39.2 Å². The Morgan fingerprint density at radius 1 is 0.783 bits per heavy atom. The fourth-order valence-electron chi connectivity index (χ4n) is 4.54. The predicted molar refractivity (Wildman–Crippen MR) is 90.4 cm³/mol. The molecule has 0 atom stereocenters. The van der Waals surface area contributed by atoms with E-state index in [9.17, 15) is 9.59 Å². The van der Waals surface area contributed by atoms with Gasteiger partial charge in [0.05, 0.1) is 0 Å². The maximum atomic E-state index is 12.1. The molecule has 2 aromatic carbocycles. The normalized spacial score (nSPS) is 16.6. The third-order valence-corrected chi connectivity index (χ3v) is 5.53. The number of fused-ring (bicyclic) bond motifs is 7.